The molecule has 2 aromatic carbocycles. The van der Waals surface area contributed by atoms with Gasteiger partial charge in [0.25, 0.3) is 5.91 Å². The van der Waals surface area contributed by atoms with E-state index < -0.39 is 15.7 Å². The van der Waals surface area contributed by atoms with Gasteiger partial charge >= 0.3 is 0 Å². The minimum atomic E-state index is -3.69. The number of methoxy groups -OCH3 is 1. The number of amides is 1. The lowest BCUT2D eigenvalue weighted by molar-refractivity contribution is -0.114. The number of ether oxygens (including phenoxy) is 3. The Morgan fingerprint density at radius 3 is 2.17 bits per heavy atom. The predicted molar refractivity (Wildman–Crippen MR) is 140 cm³/mol. The average molecular weight is 529 g/mol. The van der Waals surface area contributed by atoms with E-state index in [0.29, 0.717) is 30.9 Å². The number of nitrogens with one attached hydrogen (secondary N) is 1. The molecular formula is C24H24N4O6S2. The fraction of sp³-hybridized carbons (Fsp3) is 0.250. The number of fused-ring (bicyclic) bond motifs is 1. The third-order valence-electron chi connectivity index (χ3n) is 5.23. The van der Waals surface area contributed by atoms with Crippen LogP contribution in [0, 0.1) is 5.41 Å². The van der Waals surface area contributed by atoms with Gasteiger partial charge in [0.15, 0.2) is 0 Å². The zero-order valence-electron chi connectivity index (χ0n) is 19.6. The SMILES string of the molecule is CCS(=O)(=O)C1=NSC2=NC(=O)/C(=C\c3ccc(OCCCOc4ccc(OC)cc4)cc3)C(=N)N21. The Hall–Kier alpha value is -3.64. The van der Waals surface area contributed by atoms with Gasteiger partial charge in [0, 0.05) is 6.42 Å². The van der Waals surface area contributed by atoms with Crippen LogP contribution in [0.3, 0.4) is 0 Å². The van der Waals surface area contributed by atoms with Gasteiger partial charge in [0.1, 0.15) is 23.1 Å². The van der Waals surface area contributed by atoms with E-state index in [9.17, 15) is 13.2 Å². The number of carbonyl (C=O) groups excluding carboxylic acids is 1. The smallest absolute Gasteiger partial charge is 0.283 e. The lowest BCUT2D eigenvalue weighted by Gasteiger charge is -2.24. The zero-order valence-corrected chi connectivity index (χ0v) is 21.3. The van der Waals surface area contributed by atoms with E-state index in [4.69, 9.17) is 19.6 Å². The van der Waals surface area contributed by atoms with E-state index >= 15 is 0 Å². The van der Waals surface area contributed by atoms with Crippen molar-refractivity contribution in [3.05, 3.63) is 59.7 Å². The number of aliphatic imine (C=N–C) groups is 1. The largest absolute Gasteiger partial charge is 0.497 e. The zero-order chi connectivity index (χ0) is 25.7. The molecule has 0 unspecified atom stereocenters. The number of sulfone groups is 1. The van der Waals surface area contributed by atoms with Crippen LogP contribution in [-0.4, -0.2) is 61.5 Å². The topological polar surface area (TPSA) is 131 Å². The first-order valence-corrected chi connectivity index (χ1v) is 13.5. The molecule has 1 N–H and O–H groups in total. The quantitative estimate of drug-likeness (QED) is 0.297. The van der Waals surface area contributed by atoms with Crippen molar-refractivity contribution in [2.45, 2.75) is 13.3 Å². The van der Waals surface area contributed by atoms with Crippen molar-refractivity contribution in [2.24, 2.45) is 9.39 Å². The molecule has 2 aliphatic rings. The first kappa shape index (κ1) is 25.5. The number of carbonyl (C=O) groups is 1. The third kappa shape index (κ3) is 5.60. The van der Waals surface area contributed by atoms with Crippen molar-refractivity contribution in [3.8, 4) is 17.2 Å². The van der Waals surface area contributed by atoms with Crippen molar-refractivity contribution in [2.75, 3.05) is 26.1 Å². The molecule has 0 fully saturated rings. The monoisotopic (exact) mass is 528 g/mol. The van der Waals surface area contributed by atoms with Crippen LogP contribution in [0.4, 0.5) is 0 Å². The van der Waals surface area contributed by atoms with E-state index in [1.807, 2.05) is 24.3 Å². The van der Waals surface area contributed by atoms with Gasteiger partial charge in [-0.25, -0.2) is 13.3 Å². The fourth-order valence-corrected chi connectivity index (χ4v) is 5.23. The fourth-order valence-electron chi connectivity index (χ4n) is 3.27. The van der Waals surface area contributed by atoms with Gasteiger partial charge < -0.3 is 14.2 Å². The van der Waals surface area contributed by atoms with Crippen LogP contribution in [0.15, 0.2) is 63.5 Å². The number of benzene rings is 2. The van der Waals surface area contributed by atoms with Crippen LogP contribution < -0.4 is 14.2 Å². The lowest BCUT2D eigenvalue weighted by Crippen LogP contribution is -2.45. The highest BCUT2D eigenvalue weighted by Gasteiger charge is 2.42. The van der Waals surface area contributed by atoms with Gasteiger partial charge in [0.2, 0.25) is 20.2 Å². The maximum atomic E-state index is 12.5. The molecule has 10 nitrogen and oxygen atoms in total. The predicted octanol–water partition coefficient (Wildman–Crippen LogP) is 3.55. The van der Waals surface area contributed by atoms with E-state index in [0.717, 1.165) is 28.3 Å². The Morgan fingerprint density at radius 1 is 1.00 bits per heavy atom. The summed E-state index contributed by atoms with van der Waals surface area (Å²) in [6.07, 6.45) is 2.18. The molecule has 0 saturated carbocycles. The van der Waals surface area contributed by atoms with E-state index in [2.05, 4.69) is 9.39 Å². The highest BCUT2D eigenvalue weighted by molar-refractivity contribution is 8.16. The Labute approximate surface area is 213 Å². The maximum Gasteiger partial charge on any atom is 0.283 e. The minimum Gasteiger partial charge on any atom is -0.497 e. The second-order valence-corrected chi connectivity index (χ2v) is 10.5. The molecule has 4 rings (SSSR count). The van der Waals surface area contributed by atoms with E-state index in [1.165, 1.54) is 13.0 Å². The van der Waals surface area contributed by atoms with Gasteiger partial charge in [-0.2, -0.15) is 9.39 Å². The Bertz CT molecular complexity index is 1350. The van der Waals surface area contributed by atoms with Crippen LogP contribution in [0.2, 0.25) is 0 Å². The first-order valence-electron chi connectivity index (χ1n) is 11.0. The van der Waals surface area contributed by atoms with Crippen molar-refractivity contribution in [1.82, 2.24) is 4.90 Å². The van der Waals surface area contributed by atoms with E-state index in [1.54, 1.807) is 31.4 Å². The standard InChI is InChI=1S/C24H24N4O6S2/c1-3-36(30,31)24-27-35-23-26-22(29)20(21(25)28(23)24)15-16-5-7-18(8-6-16)33-13-4-14-34-19-11-9-17(32-2)10-12-19/h5-12,15,25H,3-4,13-14H2,1-2H3/b20-15-,25-21?. The van der Waals surface area contributed by atoms with Crippen LogP contribution >= 0.6 is 11.9 Å². The maximum absolute atomic E-state index is 12.5. The van der Waals surface area contributed by atoms with Crippen LogP contribution in [0.1, 0.15) is 18.9 Å². The molecular weight excluding hydrogens is 504 g/mol. The summed E-state index contributed by atoms with van der Waals surface area (Å²) in [5.41, 5.74) is 0.616. The molecule has 12 heteroatoms. The minimum absolute atomic E-state index is 0.0235. The van der Waals surface area contributed by atoms with Gasteiger partial charge in [-0.3, -0.25) is 10.2 Å². The number of amidine groups is 3. The Morgan fingerprint density at radius 2 is 1.58 bits per heavy atom. The molecule has 36 heavy (non-hydrogen) atoms. The summed E-state index contributed by atoms with van der Waals surface area (Å²) in [5.74, 6) is 1.09. The molecule has 2 aromatic rings. The van der Waals surface area contributed by atoms with Crippen LogP contribution in [-0.2, 0) is 14.6 Å². The third-order valence-corrected chi connectivity index (χ3v) is 7.64. The second-order valence-electron chi connectivity index (χ2n) is 7.61. The van der Waals surface area contributed by atoms with Gasteiger partial charge in [-0.1, -0.05) is 19.1 Å². The molecule has 0 radical (unpaired) electrons. The van der Waals surface area contributed by atoms with Gasteiger partial charge in [0.05, 0.1) is 43.6 Å². The van der Waals surface area contributed by atoms with Gasteiger partial charge in [-0.15, -0.1) is 0 Å². The summed E-state index contributed by atoms with van der Waals surface area (Å²) in [4.78, 5) is 17.5. The number of rotatable bonds is 9. The van der Waals surface area contributed by atoms with Crippen molar-refractivity contribution < 1.29 is 27.4 Å². The molecule has 0 atom stereocenters. The first-order chi connectivity index (χ1) is 17.3. The van der Waals surface area contributed by atoms with Crippen molar-refractivity contribution in [3.63, 3.8) is 0 Å². The van der Waals surface area contributed by atoms with Crippen molar-refractivity contribution in [1.29, 1.82) is 5.41 Å². The molecule has 188 valence electrons. The molecule has 1 amide bonds. The van der Waals surface area contributed by atoms with Crippen LogP contribution in [0.25, 0.3) is 6.08 Å². The average Bonchev–Trinajstić information content (AvgIpc) is 3.32. The molecule has 0 aliphatic carbocycles. The highest BCUT2D eigenvalue weighted by Crippen LogP contribution is 2.30. The summed E-state index contributed by atoms with van der Waals surface area (Å²) in [6.45, 7) is 2.44. The number of hydrogen-bond acceptors (Lipinski definition) is 9. The normalized spacial score (nSPS) is 16.5. The summed E-state index contributed by atoms with van der Waals surface area (Å²) >= 11 is 0.771. The highest BCUT2D eigenvalue weighted by atomic mass is 32.2. The summed E-state index contributed by atoms with van der Waals surface area (Å²) in [7, 11) is -2.08. The number of nitrogens with zero attached hydrogens (tertiary/aromatic N) is 3. The molecule has 2 aliphatic heterocycles. The molecule has 0 saturated heterocycles. The number of hydrogen-bond donors (Lipinski definition) is 1. The molecule has 0 aromatic heterocycles. The van der Waals surface area contributed by atoms with Crippen LogP contribution in [0.5, 0.6) is 17.2 Å². The second kappa shape index (κ2) is 11.0. The summed E-state index contributed by atoms with van der Waals surface area (Å²) < 4.78 is 45.1. The molecule has 2 heterocycles. The Balaban J connectivity index is 1.34. The molecule has 0 bridgehead atoms. The Kier molecular flexibility index (Phi) is 7.75. The van der Waals surface area contributed by atoms with E-state index in [-0.39, 0.29) is 27.5 Å². The summed E-state index contributed by atoms with van der Waals surface area (Å²) in [5, 5.41) is 8.23. The molecule has 0 spiro atoms. The summed E-state index contributed by atoms with van der Waals surface area (Å²) in [6, 6.07) is 14.3. The van der Waals surface area contributed by atoms with Gasteiger partial charge in [-0.05, 0) is 48.0 Å². The van der Waals surface area contributed by atoms with Crippen molar-refractivity contribution >= 4 is 49.9 Å². The lowest BCUT2D eigenvalue weighted by atomic mass is 10.1.